The van der Waals surface area contributed by atoms with Crippen molar-refractivity contribution in [2.45, 2.75) is 20.0 Å². The second-order valence-corrected chi connectivity index (χ2v) is 6.56. The van der Waals surface area contributed by atoms with E-state index in [-0.39, 0.29) is 31.4 Å². The fraction of sp³-hybridized carbons (Fsp3) is 0.273. The second kappa shape index (κ2) is 10.2. The lowest BCUT2D eigenvalue weighted by Crippen LogP contribution is -2.27. The van der Waals surface area contributed by atoms with Crippen LogP contribution in [0.2, 0.25) is 0 Å². The molecule has 0 aliphatic carbocycles. The highest BCUT2D eigenvalue weighted by Crippen LogP contribution is 2.31. The number of nitrogens with zero attached hydrogens (tertiary/aromatic N) is 2. The summed E-state index contributed by atoms with van der Waals surface area (Å²) in [6.45, 7) is 1.85. The summed E-state index contributed by atoms with van der Waals surface area (Å²) in [6, 6.07) is 12.4. The van der Waals surface area contributed by atoms with E-state index in [4.69, 9.17) is 18.7 Å². The van der Waals surface area contributed by atoms with Gasteiger partial charge in [0.2, 0.25) is 5.82 Å². The van der Waals surface area contributed by atoms with E-state index < -0.39 is 5.97 Å². The number of amides is 1. The molecule has 1 aromatic heterocycles. The molecule has 2 aromatic carbocycles. The number of carbonyl (C=O) groups is 2. The Kier molecular flexibility index (Phi) is 7.21. The van der Waals surface area contributed by atoms with Crippen molar-refractivity contribution in [1.29, 1.82) is 0 Å². The van der Waals surface area contributed by atoms with Crippen LogP contribution in [0.25, 0.3) is 11.4 Å². The molecular weight excluding hydrogens is 402 g/mol. The number of carbonyl (C=O) groups excluding carboxylic acids is 2. The Balaban J connectivity index is 1.48. The van der Waals surface area contributed by atoms with Crippen LogP contribution >= 0.6 is 0 Å². The zero-order chi connectivity index (χ0) is 22.2. The molecule has 162 valence electrons. The zero-order valence-corrected chi connectivity index (χ0v) is 17.5. The molecule has 9 heteroatoms. The van der Waals surface area contributed by atoms with Crippen LogP contribution in [0, 0.1) is 6.92 Å². The minimum Gasteiger partial charge on any atom is -0.493 e. The SMILES string of the molecule is COc1ccc(-c2noc(COC(=O)CCNC(=O)c3ccccc3C)n2)cc1OC. The number of aryl methyl sites for hydroxylation is 1. The van der Waals surface area contributed by atoms with Crippen molar-refractivity contribution in [2.24, 2.45) is 0 Å². The monoisotopic (exact) mass is 425 g/mol. The molecule has 0 atom stereocenters. The van der Waals surface area contributed by atoms with Crippen molar-refractivity contribution in [3.05, 3.63) is 59.5 Å². The number of rotatable bonds is 9. The molecule has 0 saturated heterocycles. The second-order valence-electron chi connectivity index (χ2n) is 6.56. The van der Waals surface area contributed by atoms with E-state index in [9.17, 15) is 9.59 Å². The number of benzene rings is 2. The van der Waals surface area contributed by atoms with Crippen LogP contribution in [-0.4, -0.2) is 42.8 Å². The van der Waals surface area contributed by atoms with Crippen LogP contribution in [0.1, 0.15) is 28.2 Å². The molecule has 0 aliphatic rings. The van der Waals surface area contributed by atoms with Gasteiger partial charge < -0.3 is 24.1 Å². The van der Waals surface area contributed by atoms with Crippen LogP contribution in [0.5, 0.6) is 11.5 Å². The lowest BCUT2D eigenvalue weighted by Gasteiger charge is -2.07. The molecule has 3 aromatic rings. The zero-order valence-electron chi connectivity index (χ0n) is 17.5. The van der Waals surface area contributed by atoms with E-state index in [1.807, 2.05) is 19.1 Å². The Bertz CT molecular complexity index is 1060. The first-order valence-corrected chi connectivity index (χ1v) is 9.56. The maximum atomic E-state index is 12.1. The molecule has 0 bridgehead atoms. The first-order valence-electron chi connectivity index (χ1n) is 9.56. The average molecular weight is 425 g/mol. The number of nitrogens with one attached hydrogen (secondary N) is 1. The molecule has 1 amide bonds. The summed E-state index contributed by atoms with van der Waals surface area (Å²) in [7, 11) is 3.08. The molecule has 1 heterocycles. The first-order chi connectivity index (χ1) is 15.0. The number of methoxy groups -OCH3 is 2. The largest absolute Gasteiger partial charge is 0.493 e. The molecular formula is C22H23N3O6. The quantitative estimate of drug-likeness (QED) is 0.521. The van der Waals surface area contributed by atoms with Crippen LogP contribution < -0.4 is 14.8 Å². The van der Waals surface area contributed by atoms with Crippen molar-refractivity contribution in [2.75, 3.05) is 20.8 Å². The lowest BCUT2D eigenvalue weighted by atomic mass is 10.1. The maximum Gasteiger partial charge on any atom is 0.308 e. The van der Waals surface area contributed by atoms with Gasteiger partial charge in [-0.25, -0.2) is 0 Å². The minimum atomic E-state index is -0.490. The van der Waals surface area contributed by atoms with Crippen LogP contribution in [0.4, 0.5) is 0 Å². The third-order valence-corrected chi connectivity index (χ3v) is 4.47. The lowest BCUT2D eigenvalue weighted by molar-refractivity contribution is -0.145. The molecule has 3 rings (SSSR count). The summed E-state index contributed by atoms with van der Waals surface area (Å²) in [4.78, 5) is 28.3. The number of hydrogen-bond acceptors (Lipinski definition) is 8. The Morgan fingerprint density at radius 1 is 1.06 bits per heavy atom. The predicted octanol–water partition coefficient (Wildman–Crippen LogP) is 2.93. The van der Waals surface area contributed by atoms with E-state index in [1.54, 1.807) is 37.4 Å². The van der Waals surface area contributed by atoms with Gasteiger partial charge in [-0.05, 0) is 36.8 Å². The van der Waals surface area contributed by atoms with Crippen molar-refractivity contribution in [3.8, 4) is 22.9 Å². The Morgan fingerprint density at radius 3 is 2.58 bits per heavy atom. The smallest absolute Gasteiger partial charge is 0.308 e. The van der Waals surface area contributed by atoms with Gasteiger partial charge in [-0.2, -0.15) is 4.98 Å². The Morgan fingerprint density at radius 2 is 1.84 bits per heavy atom. The van der Waals surface area contributed by atoms with Crippen molar-refractivity contribution < 1.29 is 28.3 Å². The summed E-state index contributed by atoms with van der Waals surface area (Å²) < 4.78 is 20.7. The minimum absolute atomic E-state index is 0.0221. The van der Waals surface area contributed by atoms with Crippen LogP contribution in [-0.2, 0) is 16.1 Å². The molecule has 0 saturated carbocycles. The summed E-state index contributed by atoms with van der Waals surface area (Å²) in [5.74, 6) is 0.877. The van der Waals surface area contributed by atoms with E-state index in [2.05, 4.69) is 15.5 Å². The standard InChI is InChI=1S/C22H23N3O6/c1-14-6-4-5-7-16(14)22(27)23-11-10-20(26)30-13-19-24-21(25-31-19)15-8-9-17(28-2)18(12-15)29-3/h4-9,12H,10-11,13H2,1-3H3,(H,23,27). The summed E-state index contributed by atoms with van der Waals surface area (Å²) in [5, 5.41) is 6.59. The average Bonchev–Trinajstić information content (AvgIpc) is 3.26. The Labute approximate surface area is 179 Å². The highest BCUT2D eigenvalue weighted by Gasteiger charge is 2.14. The summed E-state index contributed by atoms with van der Waals surface area (Å²) >= 11 is 0. The molecule has 0 radical (unpaired) electrons. The highest BCUT2D eigenvalue weighted by atomic mass is 16.6. The topological polar surface area (TPSA) is 113 Å². The van der Waals surface area contributed by atoms with Gasteiger partial charge in [0, 0.05) is 17.7 Å². The molecule has 1 N–H and O–H groups in total. The molecule has 31 heavy (non-hydrogen) atoms. The van der Waals surface area contributed by atoms with Gasteiger partial charge in [0.15, 0.2) is 18.1 Å². The number of esters is 1. The molecule has 0 spiro atoms. The fourth-order valence-corrected chi connectivity index (χ4v) is 2.82. The molecule has 0 fully saturated rings. The molecule has 0 aliphatic heterocycles. The van der Waals surface area contributed by atoms with E-state index in [1.165, 1.54) is 7.11 Å². The van der Waals surface area contributed by atoms with Crippen molar-refractivity contribution in [1.82, 2.24) is 15.5 Å². The van der Waals surface area contributed by atoms with Gasteiger partial charge in [-0.3, -0.25) is 9.59 Å². The summed E-state index contributed by atoms with van der Waals surface area (Å²) in [6.07, 6.45) is 0.0221. The number of hydrogen-bond donors (Lipinski definition) is 1. The fourth-order valence-electron chi connectivity index (χ4n) is 2.82. The molecule has 9 nitrogen and oxygen atoms in total. The first kappa shape index (κ1) is 21.8. The van der Waals surface area contributed by atoms with Crippen molar-refractivity contribution >= 4 is 11.9 Å². The number of aromatic nitrogens is 2. The summed E-state index contributed by atoms with van der Waals surface area (Å²) in [5.41, 5.74) is 2.10. The van der Waals surface area contributed by atoms with Gasteiger partial charge in [-0.15, -0.1) is 0 Å². The third-order valence-electron chi connectivity index (χ3n) is 4.47. The Hall–Kier alpha value is -3.88. The van der Waals surface area contributed by atoms with E-state index in [0.717, 1.165) is 5.56 Å². The van der Waals surface area contributed by atoms with Gasteiger partial charge in [-0.1, -0.05) is 23.4 Å². The highest BCUT2D eigenvalue weighted by molar-refractivity contribution is 5.95. The van der Waals surface area contributed by atoms with E-state index >= 15 is 0 Å². The van der Waals surface area contributed by atoms with Gasteiger partial charge in [0.05, 0.1) is 20.6 Å². The maximum absolute atomic E-state index is 12.1. The third kappa shape index (κ3) is 5.59. The molecule has 0 unspecified atom stereocenters. The van der Waals surface area contributed by atoms with Gasteiger partial charge >= 0.3 is 5.97 Å². The number of ether oxygens (including phenoxy) is 3. The predicted molar refractivity (Wildman–Crippen MR) is 111 cm³/mol. The van der Waals surface area contributed by atoms with Crippen LogP contribution in [0.15, 0.2) is 47.0 Å². The normalized spacial score (nSPS) is 10.4. The van der Waals surface area contributed by atoms with E-state index in [0.29, 0.717) is 28.5 Å². The van der Waals surface area contributed by atoms with Crippen LogP contribution in [0.3, 0.4) is 0 Å². The van der Waals surface area contributed by atoms with Gasteiger partial charge in [0.1, 0.15) is 0 Å². The van der Waals surface area contributed by atoms with Crippen molar-refractivity contribution in [3.63, 3.8) is 0 Å². The van der Waals surface area contributed by atoms with Gasteiger partial charge in [0.25, 0.3) is 11.8 Å².